The largest absolute Gasteiger partial charge is 0.465 e. The number of carbonyl (C=O) groups excluding carboxylic acids is 2. The predicted molar refractivity (Wildman–Crippen MR) is 97.3 cm³/mol. The number of ether oxygens (including phenoxy) is 1. The average Bonchev–Trinajstić information content (AvgIpc) is 2.51. The quantitative estimate of drug-likeness (QED) is 0.531. The highest BCUT2D eigenvalue weighted by molar-refractivity contribution is 14.1. The fourth-order valence-electron chi connectivity index (χ4n) is 1.96. The lowest BCUT2D eigenvalue weighted by molar-refractivity contribution is 0.0599. The number of anilines is 1. The molecular weight excluding hydrogens is 461 g/mol. The van der Waals surface area contributed by atoms with Gasteiger partial charge in [-0.15, -0.1) is 0 Å². The Kier molecular flexibility index (Phi) is 5.57. The molecule has 0 aromatic heterocycles. The normalized spacial score (nSPS) is 10.2. The van der Waals surface area contributed by atoms with Gasteiger partial charge >= 0.3 is 5.97 Å². The van der Waals surface area contributed by atoms with Gasteiger partial charge in [-0.2, -0.15) is 0 Å². The van der Waals surface area contributed by atoms with Crippen LogP contribution in [0.2, 0.25) is 0 Å². The Balaban J connectivity index is 2.33. The second-order valence-electron chi connectivity index (χ2n) is 4.55. The van der Waals surface area contributed by atoms with Crippen LogP contribution in [-0.2, 0) is 4.74 Å². The highest BCUT2D eigenvalue weighted by atomic mass is 127. The molecule has 22 heavy (non-hydrogen) atoms. The van der Waals surface area contributed by atoms with Crippen LogP contribution in [0.3, 0.4) is 0 Å². The Morgan fingerprint density at radius 1 is 1.18 bits per heavy atom. The summed E-state index contributed by atoms with van der Waals surface area (Å²) in [4.78, 5) is 24.1. The zero-order chi connectivity index (χ0) is 16.3. The molecule has 0 heterocycles. The van der Waals surface area contributed by atoms with Gasteiger partial charge < -0.3 is 10.1 Å². The lowest BCUT2D eigenvalue weighted by Crippen LogP contribution is -2.15. The van der Waals surface area contributed by atoms with Gasteiger partial charge in [-0.25, -0.2) is 4.79 Å². The first-order chi connectivity index (χ1) is 10.4. The molecule has 1 amide bonds. The molecule has 0 aliphatic rings. The fraction of sp³-hybridized carbons (Fsp3) is 0.125. The molecule has 4 nitrogen and oxygen atoms in total. The molecule has 2 rings (SSSR count). The summed E-state index contributed by atoms with van der Waals surface area (Å²) in [6, 6.07) is 10.6. The van der Waals surface area contributed by atoms with Crippen LogP contribution in [-0.4, -0.2) is 19.0 Å². The molecular formula is C16H13BrINO3. The van der Waals surface area contributed by atoms with E-state index in [0.29, 0.717) is 22.4 Å². The van der Waals surface area contributed by atoms with Crippen molar-refractivity contribution in [3.8, 4) is 0 Å². The van der Waals surface area contributed by atoms with Crippen LogP contribution in [0.4, 0.5) is 5.69 Å². The number of hydrogen-bond donors (Lipinski definition) is 1. The monoisotopic (exact) mass is 473 g/mol. The van der Waals surface area contributed by atoms with Gasteiger partial charge in [-0.1, -0.05) is 22.0 Å². The van der Waals surface area contributed by atoms with Crippen LogP contribution in [0.15, 0.2) is 40.9 Å². The Morgan fingerprint density at radius 2 is 1.91 bits per heavy atom. The van der Waals surface area contributed by atoms with Crippen LogP contribution in [0.25, 0.3) is 0 Å². The number of benzene rings is 2. The van der Waals surface area contributed by atoms with Crippen LogP contribution < -0.4 is 5.32 Å². The van der Waals surface area contributed by atoms with E-state index in [4.69, 9.17) is 4.74 Å². The summed E-state index contributed by atoms with van der Waals surface area (Å²) < 4.78 is 6.42. The van der Waals surface area contributed by atoms with E-state index in [-0.39, 0.29) is 5.91 Å². The van der Waals surface area contributed by atoms with Crippen molar-refractivity contribution in [3.63, 3.8) is 0 Å². The average molecular weight is 474 g/mol. The Labute approximate surface area is 150 Å². The first kappa shape index (κ1) is 17.0. The molecule has 6 heteroatoms. The van der Waals surface area contributed by atoms with Gasteiger partial charge in [0.15, 0.2) is 0 Å². The summed E-state index contributed by atoms with van der Waals surface area (Å²) in [5.74, 6) is -0.651. The first-order valence-electron chi connectivity index (χ1n) is 6.38. The smallest absolute Gasteiger partial charge is 0.338 e. The number of hydrogen-bond acceptors (Lipinski definition) is 3. The lowest BCUT2D eigenvalue weighted by atomic mass is 10.1. The SMILES string of the molecule is COC(=O)c1cccc(NC(=O)c2cc(Br)ccc2I)c1C. The van der Waals surface area contributed by atoms with Crippen LogP contribution in [0.5, 0.6) is 0 Å². The summed E-state index contributed by atoms with van der Waals surface area (Å²) in [7, 11) is 1.33. The first-order valence-corrected chi connectivity index (χ1v) is 8.25. The third-order valence-corrected chi connectivity index (χ3v) is 4.59. The topological polar surface area (TPSA) is 55.4 Å². The number of amides is 1. The minimum absolute atomic E-state index is 0.226. The number of nitrogens with one attached hydrogen (secondary N) is 1. The van der Waals surface area contributed by atoms with Gasteiger partial charge in [0.1, 0.15) is 0 Å². The molecule has 0 aliphatic heterocycles. The van der Waals surface area contributed by atoms with E-state index in [1.165, 1.54) is 7.11 Å². The van der Waals surface area contributed by atoms with Crippen molar-refractivity contribution < 1.29 is 14.3 Å². The van der Waals surface area contributed by atoms with E-state index in [1.807, 2.05) is 12.1 Å². The van der Waals surface area contributed by atoms with Crippen molar-refractivity contribution in [1.82, 2.24) is 0 Å². The maximum Gasteiger partial charge on any atom is 0.338 e. The minimum atomic E-state index is -0.425. The van der Waals surface area contributed by atoms with Gasteiger partial charge in [0.25, 0.3) is 5.91 Å². The zero-order valence-electron chi connectivity index (χ0n) is 11.9. The molecule has 0 saturated carbocycles. The van der Waals surface area contributed by atoms with E-state index in [1.54, 1.807) is 31.2 Å². The molecule has 0 aliphatic carbocycles. The Hall–Kier alpha value is -1.41. The van der Waals surface area contributed by atoms with Crippen molar-refractivity contribution >= 4 is 56.1 Å². The third-order valence-electron chi connectivity index (χ3n) is 3.16. The predicted octanol–water partition coefficient (Wildman–Crippen LogP) is 4.40. The second kappa shape index (κ2) is 7.23. The maximum absolute atomic E-state index is 12.4. The summed E-state index contributed by atoms with van der Waals surface area (Å²) in [5.41, 5.74) is 2.26. The summed E-state index contributed by atoms with van der Waals surface area (Å²) >= 11 is 5.47. The van der Waals surface area contributed by atoms with Gasteiger partial charge in [0.2, 0.25) is 0 Å². The van der Waals surface area contributed by atoms with Gasteiger partial charge in [0.05, 0.1) is 18.2 Å². The number of rotatable bonds is 3. The molecule has 0 saturated heterocycles. The second-order valence-corrected chi connectivity index (χ2v) is 6.63. The van der Waals surface area contributed by atoms with Crippen molar-refractivity contribution in [1.29, 1.82) is 0 Å². The van der Waals surface area contributed by atoms with Crippen molar-refractivity contribution in [2.75, 3.05) is 12.4 Å². The van der Waals surface area contributed by atoms with Crippen molar-refractivity contribution in [2.24, 2.45) is 0 Å². The molecule has 0 atom stereocenters. The van der Waals surface area contributed by atoms with E-state index < -0.39 is 5.97 Å². The van der Waals surface area contributed by atoms with Crippen LogP contribution in [0, 0.1) is 10.5 Å². The lowest BCUT2D eigenvalue weighted by Gasteiger charge is -2.12. The zero-order valence-corrected chi connectivity index (χ0v) is 15.7. The third kappa shape index (κ3) is 3.67. The maximum atomic E-state index is 12.4. The van der Waals surface area contributed by atoms with Crippen LogP contribution >= 0.6 is 38.5 Å². The Bertz CT molecular complexity index is 746. The summed E-state index contributed by atoms with van der Waals surface area (Å²) in [5, 5.41) is 2.84. The van der Waals surface area contributed by atoms with Crippen molar-refractivity contribution in [2.45, 2.75) is 6.92 Å². The Morgan fingerprint density at radius 3 is 2.59 bits per heavy atom. The fourth-order valence-corrected chi connectivity index (χ4v) is 2.90. The number of carbonyl (C=O) groups is 2. The number of halogens is 2. The summed E-state index contributed by atoms with van der Waals surface area (Å²) in [6.07, 6.45) is 0. The number of methoxy groups -OCH3 is 1. The molecule has 1 N–H and O–H groups in total. The molecule has 0 radical (unpaired) electrons. The molecule has 0 bridgehead atoms. The molecule has 0 fully saturated rings. The molecule has 0 unspecified atom stereocenters. The summed E-state index contributed by atoms with van der Waals surface area (Å²) in [6.45, 7) is 1.77. The van der Waals surface area contributed by atoms with E-state index in [2.05, 4.69) is 43.8 Å². The standard InChI is InChI=1S/C16H13BrINO3/c1-9-11(16(21)22-2)4-3-5-14(9)19-15(20)12-8-10(17)6-7-13(12)18/h3-8H,1-2H3,(H,19,20). The highest BCUT2D eigenvalue weighted by Crippen LogP contribution is 2.23. The molecule has 2 aromatic rings. The van der Waals surface area contributed by atoms with Gasteiger partial charge in [-0.05, 0) is 65.4 Å². The number of esters is 1. The minimum Gasteiger partial charge on any atom is -0.465 e. The van der Waals surface area contributed by atoms with E-state index in [9.17, 15) is 9.59 Å². The van der Waals surface area contributed by atoms with Crippen LogP contribution in [0.1, 0.15) is 26.3 Å². The van der Waals surface area contributed by atoms with E-state index >= 15 is 0 Å². The van der Waals surface area contributed by atoms with Crippen molar-refractivity contribution in [3.05, 3.63) is 61.1 Å². The van der Waals surface area contributed by atoms with E-state index in [0.717, 1.165) is 8.04 Å². The molecule has 2 aromatic carbocycles. The van der Waals surface area contributed by atoms with Gasteiger partial charge in [0, 0.05) is 13.7 Å². The highest BCUT2D eigenvalue weighted by Gasteiger charge is 2.15. The molecule has 0 spiro atoms. The molecule has 114 valence electrons. The van der Waals surface area contributed by atoms with Gasteiger partial charge in [-0.3, -0.25) is 4.79 Å².